The molecular weight excluding hydrogens is 452 g/mol. The Kier molecular flexibility index (Phi) is 6.12. The lowest BCUT2D eigenvalue weighted by Crippen LogP contribution is -2.54. The standard InChI is InChI=1S/C25H26N4O6/c1-2-27-23(31)17-7-3-4-8-18(17)29(25(27)33)16-22(30)28-15-21(24(32)26-11-13-34-14-12-26)35-20-10-6-5-9-19(20)28/h3-10,21H,2,11-16H2,1H3/t21-/m1/s1. The third-order valence-electron chi connectivity index (χ3n) is 6.41. The maximum atomic E-state index is 13.6. The van der Waals surface area contributed by atoms with E-state index in [-0.39, 0.29) is 37.0 Å². The van der Waals surface area contributed by atoms with Crippen molar-refractivity contribution in [2.24, 2.45) is 0 Å². The number of hydrogen-bond donors (Lipinski definition) is 0. The summed E-state index contributed by atoms with van der Waals surface area (Å²) in [5.41, 5.74) is -0.00976. The van der Waals surface area contributed by atoms with E-state index < -0.39 is 11.8 Å². The largest absolute Gasteiger partial charge is 0.476 e. The van der Waals surface area contributed by atoms with E-state index in [4.69, 9.17) is 9.47 Å². The van der Waals surface area contributed by atoms with Crippen molar-refractivity contribution in [3.63, 3.8) is 0 Å². The quantitative estimate of drug-likeness (QED) is 0.551. The van der Waals surface area contributed by atoms with Gasteiger partial charge in [0.1, 0.15) is 12.3 Å². The molecule has 2 aliphatic heterocycles. The fourth-order valence-corrected chi connectivity index (χ4v) is 4.61. The van der Waals surface area contributed by atoms with E-state index in [1.54, 1.807) is 60.4 Å². The van der Waals surface area contributed by atoms with Crippen molar-refractivity contribution in [2.75, 3.05) is 37.7 Å². The molecule has 10 nitrogen and oxygen atoms in total. The van der Waals surface area contributed by atoms with E-state index >= 15 is 0 Å². The summed E-state index contributed by atoms with van der Waals surface area (Å²) in [5, 5.41) is 0.365. The smallest absolute Gasteiger partial charge is 0.331 e. The Morgan fingerprint density at radius 1 is 0.971 bits per heavy atom. The first-order chi connectivity index (χ1) is 17.0. The summed E-state index contributed by atoms with van der Waals surface area (Å²) in [6.07, 6.45) is -0.870. The molecule has 3 aromatic rings. The highest BCUT2D eigenvalue weighted by Gasteiger charge is 2.36. The molecule has 0 spiro atoms. The van der Waals surface area contributed by atoms with Crippen LogP contribution in [0.2, 0.25) is 0 Å². The normalized spacial score (nSPS) is 17.7. The molecule has 0 radical (unpaired) electrons. The fourth-order valence-electron chi connectivity index (χ4n) is 4.61. The third kappa shape index (κ3) is 4.10. The average molecular weight is 479 g/mol. The molecule has 1 aromatic heterocycles. The molecule has 2 amide bonds. The number of para-hydroxylation sites is 3. The van der Waals surface area contributed by atoms with E-state index in [0.717, 1.165) is 4.57 Å². The van der Waals surface area contributed by atoms with Crippen molar-refractivity contribution < 1.29 is 19.1 Å². The maximum Gasteiger partial charge on any atom is 0.331 e. The van der Waals surface area contributed by atoms with Gasteiger partial charge in [-0.25, -0.2) is 4.79 Å². The van der Waals surface area contributed by atoms with Gasteiger partial charge in [0.15, 0.2) is 6.10 Å². The Bertz CT molecular complexity index is 1410. The number of carbonyl (C=O) groups excluding carboxylic acids is 2. The second kappa shape index (κ2) is 9.38. The number of morpholine rings is 1. The molecule has 35 heavy (non-hydrogen) atoms. The third-order valence-corrected chi connectivity index (χ3v) is 6.41. The van der Waals surface area contributed by atoms with Gasteiger partial charge in [-0.1, -0.05) is 24.3 Å². The minimum Gasteiger partial charge on any atom is -0.476 e. The monoisotopic (exact) mass is 478 g/mol. The number of nitrogens with zero attached hydrogens (tertiary/aromatic N) is 4. The number of aromatic nitrogens is 2. The van der Waals surface area contributed by atoms with Gasteiger partial charge in [-0.2, -0.15) is 0 Å². The van der Waals surface area contributed by atoms with Gasteiger partial charge < -0.3 is 19.3 Å². The van der Waals surface area contributed by atoms with Gasteiger partial charge >= 0.3 is 5.69 Å². The van der Waals surface area contributed by atoms with Crippen molar-refractivity contribution in [1.82, 2.24) is 14.0 Å². The molecule has 1 saturated heterocycles. The van der Waals surface area contributed by atoms with Crippen LogP contribution in [-0.2, 0) is 27.4 Å². The van der Waals surface area contributed by atoms with Crippen molar-refractivity contribution in [3.8, 4) is 5.75 Å². The van der Waals surface area contributed by atoms with Crippen LogP contribution < -0.4 is 20.9 Å². The predicted molar refractivity (Wildman–Crippen MR) is 129 cm³/mol. The number of carbonyl (C=O) groups is 2. The molecule has 5 rings (SSSR count). The lowest BCUT2D eigenvalue weighted by Gasteiger charge is -2.37. The second-order valence-corrected chi connectivity index (χ2v) is 8.45. The highest BCUT2D eigenvalue weighted by molar-refractivity contribution is 5.97. The minimum absolute atomic E-state index is 0.0200. The number of anilines is 1. The summed E-state index contributed by atoms with van der Waals surface area (Å²) in [5.74, 6) is -0.161. The number of hydrogen-bond acceptors (Lipinski definition) is 6. The summed E-state index contributed by atoms with van der Waals surface area (Å²) in [6, 6.07) is 13.8. The number of ether oxygens (including phenoxy) is 2. The van der Waals surface area contributed by atoms with Gasteiger partial charge in [-0.05, 0) is 31.2 Å². The Morgan fingerprint density at radius 2 is 1.69 bits per heavy atom. The molecular formula is C25H26N4O6. The van der Waals surface area contributed by atoms with Crippen LogP contribution in [0.3, 0.4) is 0 Å². The average Bonchev–Trinajstić information content (AvgIpc) is 2.90. The number of rotatable bonds is 4. The van der Waals surface area contributed by atoms with Crippen LogP contribution in [0.15, 0.2) is 58.1 Å². The predicted octanol–water partition coefficient (Wildman–Crippen LogP) is 0.836. The van der Waals surface area contributed by atoms with Crippen LogP contribution in [0.1, 0.15) is 6.92 Å². The lowest BCUT2D eigenvalue weighted by atomic mass is 10.1. The summed E-state index contributed by atoms with van der Waals surface area (Å²) < 4.78 is 13.8. The molecule has 10 heteroatoms. The molecule has 0 aliphatic carbocycles. The molecule has 0 N–H and O–H groups in total. The van der Waals surface area contributed by atoms with E-state index in [1.165, 1.54) is 9.47 Å². The van der Waals surface area contributed by atoms with Crippen LogP contribution in [-0.4, -0.2) is 64.8 Å². The summed E-state index contributed by atoms with van der Waals surface area (Å²) in [6.45, 7) is 3.49. The van der Waals surface area contributed by atoms with Crippen LogP contribution in [0.4, 0.5) is 5.69 Å². The Hall–Kier alpha value is -3.92. The Balaban J connectivity index is 1.50. The van der Waals surface area contributed by atoms with Gasteiger partial charge in [-0.3, -0.25) is 23.5 Å². The number of fused-ring (bicyclic) bond motifs is 2. The fraction of sp³-hybridized carbons (Fsp3) is 0.360. The van der Waals surface area contributed by atoms with Gasteiger partial charge in [0.05, 0.1) is 36.3 Å². The molecule has 0 saturated carbocycles. The Labute approximate surface area is 200 Å². The highest BCUT2D eigenvalue weighted by Crippen LogP contribution is 2.34. The van der Waals surface area contributed by atoms with Crippen LogP contribution in [0.25, 0.3) is 10.9 Å². The zero-order valence-corrected chi connectivity index (χ0v) is 19.4. The summed E-state index contributed by atoms with van der Waals surface area (Å²) >= 11 is 0. The summed E-state index contributed by atoms with van der Waals surface area (Å²) in [7, 11) is 0. The molecule has 0 unspecified atom stereocenters. The molecule has 3 heterocycles. The van der Waals surface area contributed by atoms with Gasteiger partial charge in [0.25, 0.3) is 11.5 Å². The van der Waals surface area contributed by atoms with Crippen LogP contribution in [0.5, 0.6) is 5.75 Å². The number of benzene rings is 2. The zero-order valence-electron chi connectivity index (χ0n) is 19.4. The first-order valence-corrected chi connectivity index (χ1v) is 11.6. The topological polar surface area (TPSA) is 103 Å². The van der Waals surface area contributed by atoms with Crippen LogP contribution >= 0.6 is 0 Å². The molecule has 182 valence electrons. The summed E-state index contributed by atoms with van der Waals surface area (Å²) in [4.78, 5) is 55.8. The van der Waals surface area contributed by atoms with Gasteiger partial charge in [0, 0.05) is 19.6 Å². The first kappa shape index (κ1) is 22.9. The highest BCUT2D eigenvalue weighted by atomic mass is 16.5. The zero-order chi connectivity index (χ0) is 24.5. The number of amides is 2. The first-order valence-electron chi connectivity index (χ1n) is 11.6. The SMILES string of the molecule is CCn1c(=O)c2ccccc2n(CC(=O)N2C[C@H](C(=O)N3CCOCC3)Oc3ccccc32)c1=O. The Morgan fingerprint density at radius 3 is 2.46 bits per heavy atom. The van der Waals surface area contributed by atoms with E-state index in [0.29, 0.717) is 48.6 Å². The van der Waals surface area contributed by atoms with Crippen molar-refractivity contribution >= 4 is 28.4 Å². The van der Waals surface area contributed by atoms with E-state index in [2.05, 4.69) is 0 Å². The molecule has 0 bridgehead atoms. The molecule has 2 aliphatic rings. The second-order valence-electron chi connectivity index (χ2n) is 8.45. The van der Waals surface area contributed by atoms with Gasteiger partial charge in [0.2, 0.25) is 5.91 Å². The minimum atomic E-state index is -0.870. The van der Waals surface area contributed by atoms with Crippen LogP contribution in [0, 0.1) is 0 Å². The molecule has 1 atom stereocenters. The van der Waals surface area contributed by atoms with Crippen molar-refractivity contribution in [1.29, 1.82) is 0 Å². The van der Waals surface area contributed by atoms with E-state index in [1.807, 2.05) is 0 Å². The lowest BCUT2D eigenvalue weighted by molar-refractivity contribution is -0.142. The molecule has 2 aromatic carbocycles. The van der Waals surface area contributed by atoms with Crippen molar-refractivity contribution in [3.05, 3.63) is 69.4 Å². The van der Waals surface area contributed by atoms with Gasteiger partial charge in [-0.15, -0.1) is 0 Å². The maximum absolute atomic E-state index is 13.6. The van der Waals surface area contributed by atoms with Crippen molar-refractivity contribution in [2.45, 2.75) is 26.1 Å². The van der Waals surface area contributed by atoms with E-state index in [9.17, 15) is 19.2 Å². The molecule has 1 fully saturated rings.